The molecule has 0 aliphatic carbocycles. The lowest BCUT2D eigenvalue weighted by Gasteiger charge is -2.09. The maximum Gasteiger partial charge on any atom is 0.255 e. The van der Waals surface area contributed by atoms with Crippen LogP contribution < -0.4 is 10.1 Å². The topological polar surface area (TPSA) is 51.2 Å². The third-order valence-corrected chi connectivity index (χ3v) is 4.89. The number of thiazole rings is 1. The Labute approximate surface area is 145 Å². The number of rotatable bonds is 5. The fraction of sp³-hybridized carbons (Fsp3) is 0.263. The third kappa shape index (κ3) is 3.41. The molecule has 0 unspecified atom stereocenters. The van der Waals surface area contributed by atoms with Gasteiger partial charge in [0.25, 0.3) is 5.91 Å². The number of benzene rings is 2. The highest BCUT2D eigenvalue weighted by Gasteiger charge is 2.10. The minimum atomic E-state index is -0.124. The smallest absolute Gasteiger partial charge is 0.255 e. The van der Waals surface area contributed by atoms with Gasteiger partial charge < -0.3 is 10.1 Å². The fourth-order valence-electron chi connectivity index (χ4n) is 2.51. The number of anilines is 1. The standard InChI is InChI=1S/C19H20N2O2S/c1-4-18-21-15-8-7-14(11-17(15)24-18)20-19(22)13-6-9-16(23-5-2)12(3)10-13/h6-11H,4-5H2,1-3H3,(H,20,22). The van der Waals surface area contributed by atoms with Crippen molar-refractivity contribution < 1.29 is 9.53 Å². The first-order valence-electron chi connectivity index (χ1n) is 8.05. The van der Waals surface area contributed by atoms with Gasteiger partial charge >= 0.3 is 0 Å². The van der Waals surface area contributed by atoms with Gasteiger partial charge in [-0.1, -0.05) is 6.92 Å². The van der Waals surface area contributed by atoms with Gasteiger partial charge in [-0.05, 0) is 62.2 Å². The van der Waals surface area contributed by atoms with Crippen molar-refractivity contribution in [1.82, 2.24) is 4.98 Å². The molecule has 0 radical (unpaired) electrons. The molecule has 5 heteroatoms. The predicted molar refractivity (Wildman–Crippen MR) is 99.3 cm³/mol. The third-order valence-electron chi connectivity index (χ3n) is 3.73. The summed E-state index contributed by atoms with van der Waals surface area (Å²) < 4.78 is 6.60. The van der Waals surface area contributed by atoms with E-state index in [1.807, 2.05) is 44.2 Å². The van der Waals surface area contributed by atoms with Gasteiger partial charge in [0.05, 0.1) is 21.8 Å². The van der Waals surface area contributed by atoms with Crippen LogP contribution in [0.25, 0.3) is 10.2 Å². The molecule has 3 aromatic rings. The summed E-state index contributed by atoms with van der Waals surface area (Å²) in [7, 11) is 0. The summed E-state index contributed by atoms with van der Waals surface area (Å²) in [6.45, 7) is 6.59. The second-order valence-electron chi connectivity index (χ2n) is 5.51. The second kappa shape index (κ2) is 7.01. The minimum absolute atomic E-state index is 0.124. The number of aromatic nitrogens is 1. The van der Waals surface area contributed by atoms with Crippen LogP contribution in [0.15, 0.2) is 36.4 Å². The van der Waals surface area contributed by atoms with Crippen LogP contribution in [0.3, 0.4) is 0 Å². The number of amides is 1. The van der Waals surface area contributed by atoms with Crippen molar-refractivity contribution in [3.8, 4) is 5.75 Å². The van der Waals surface area contributed by atoms with E-state index in [1.165, 1.54) is 0 Å². The molecule has 0 saturated carbocycles. The van der Waals surface area contributed by atoms with Crippen LogP contribution in [-0.2, 0) is 6.42 Å². The Morgan fingerprint density at radius 3 is 2.75 bits per heavy atom. The molecule has 4 nitrogen and oxygen atoms in total. The van der Waals surface area contributed by atoms with E-state index in [9.17, 15) is 4.79 Å². The monoisotopic (exact) mass is 340 g/mol. The molecule has 1 amide bonds. The molecule has 0 bridgehead atoms. The van der Waals surface area contributed by atoms with Crippen molar-refractivity contribution in [2.45, 2.75) is 27.2 Å². The highest BCUT2D eigenvalue weighted by molar-refractivity contribution is 7.18. The molecule has 1 aromatic heterocycles. The van der Waals surface area contributed by atoms with Crippen LogP contribution in [0.1, 0.15) is 34.8 Å². The summed E-state index contributed by atoms with van der Waals surface area (Å²) in [6, 6.07) is 11.3. The van der Waals surface area contributed by atoms with Crippen molar-refractivity contribution in [3.05, 3.63) is 52.5 Å². The van der Waals surface area contributed by atoms with Gasteiger partial charge in [-0.3, -0.25) is 4.79 Å². The number of hydrogen-bond donors (Lipinski definition) is 1. The van der Waals surface area contributed by atoms with E-state index < -0.39 is 0 Å². The molecule has 0 atom stereocenters. The number of hydrogen-bond acceptors (Lipinski definition) is 4. The SMILES string of the molecule is CCOc1ccc(C(=O)Nc2ccc3nc(CC)sc3c2)cc1C. The zero-order chi connectivity index (χ0) is 17.1. The van der Waals surface area contributed by atoms with Gasteiger partial charge in [0.2, 0.25) is 0 Å². The molecule has 3 rings (SSSR count). The number of nitrogens with one attached hydrogen (secondary N) is 1. The highest BCUT2D eigenvalue weighted by atomic mass is 32.1. The summed E-state index contributed by atoms with van der Waals surface area (Å²) in [5.41, 5.74) is 3.33. The Bertz CT molecular complexity index is 886. The lowest BCUT2D eigenvalue weighted by molar-refractivity contribution is 0.102. The van der Waals surface area contributed by atoms with Crippen LogP contribution in [0.4, 0.5) is 5.69 Å². The molecule has 0 aliphatic rings. The number of fused-ring (bicyclic) bond motifs is 1. The molecule has 124 valence electrons. The number of carbonyl (C=O) groups is 1. The normalized spacial score (nSPS) is 10.8. The first-order valence-corrected chi connectivity index (χ1v) is 8.86. The van der Waals surface area contributed by atoms with Crippen LogP contribution in [0.2, 0.25) is 0 Å². The zero-order valence-corrected chi connectivity index (χ0v) is 14.9. The quantitative estimate of drug-likeness (QED) is 0.724. The lowest BCUT2D eigenvalue weighted by atomic mass is 10.1. The first kappa shape index (κ1) is 16.5. The van der Waals surface area contributed by atoms with Crippen molar-refractivity contribution in [2.75, 3.05) is 11.9 Å². The van der Waals surface area contributed by atoms with Gasteiger partial charge in [0.15, 0.2) is 0 Å². The Morgan fingerprint density at radius 1 is 1.21 bits per heavy atom. The van der Waals surface area contributed by atoms with Crippen molar-refractivity contribution >= 4 is 33.1 Å². The van der Waals surface area contributed by atoms with E-state index in [1.54, 1.807) is 17.4 Å². The average Bonchev–Trinajstić information content (AvgIpc) is 2.99. The fourth-order valence-corrected chi connectivity index (χ4v) is 3.46. The predicted octanol–water partition coefficient (Wildman–Crippen LogP) is 4.82. The summed E-state index contributed by atoms with van der Waals surface area (Å²) >= 11 is 1.67. The number of nitrogens with zero attached hydrogens (tertiary/aromatic N) is 1. The van der Waals surface area contributed by atoms with E-state index in [0.29, 0.717) is 12.2 Å². The molecule has 0 fully saturated rings. The van der Waals surface area contributed by atoms with Crippen molar-refractivity contribution in [1.29, 1.82) is 0 Å². The second-order valence-corrected chi connectivity index (χ2v) is 6.63. The molecule has 0 saturated heterocycles. The number of aryl methyl sites for hydroxylation is 2. The van der Waals surface area contributed by atoms with Gasteiger partial charge in [-0.2, -0.15) is 0 Å². The van der Waals surface area contributed by atoms with Crippen LogP contribution in [0.5, 0.6) is 5.75 Å². The number of carbonyl (C=O) groups excluding carboxylic acids is 1. The molecule has 1 heterocycles. The zero-order valence-electron chi connectivity index (χ0n) is 14.1. The molecule has 24 heavy (non-hydrogen) atoms. The van der Waals surface area contributed by atoms with Gasteiger partial charge in [0.1, 0.15) is 5.75 Å². The largest absolute Gasteiger partial charge is 0.494 e. The van der Waals surface area contributed by atoms with E-state index in [-0.39, 0.29) is 5.91 Å². The van der Waals surface area contributed by atoms with Gasteiger partial charge in [-0.25, -0.2) is 4.98 Å². The van der Waals surface area contributed by atoms with E-state index in [4.69, 9.17) is 4.74 Å². The van der Waals surface area contributed by atoms with Crippen LogP contribution in [0, 0.1) is 6.92 Å². The molecule has 0 aliphatic heterocycles. The Hall–Kier alpha value is -2.40. The van der Waals surface area contributed by atoms with Gasteiger partial charge in [-0.15, -0.1) is 11.3 Å². The summed E-state index contributed by atoms with van der Waals surface area (Å²) in [5, 5.41) is 4.06. The lowest BCUT2D eigenvalue weighted by Crippen LogP contribution is -2.12. The van der Waals surface area contributed by atoms with Crippen molar-refractivity contribution in [2.24, 2.45) is 0 Å². The maximum absolute atomic E-state index is 12.5. The molecule has 2 aromatic carbocycles. The van der Waals surface area contributed by atoms with Crippen molar-refractivity contribution in [3.63, 3.8) is 0 Å². The molecule has 1 N–H and O–H groups in total. The molecule has 0 spiro atoms. The van der Waals surface area contributed by atoms with Gasteiger partial charge in [0, 0.05) is 11.3 Å². The summed E-state index contributed by atoms with van der Waals surface area (Å²) in [6.07, 6.45) is 0.923. The summed E-state index contributed by atoms with van der Waals surface area (Å²) in [5.74, 6) is 0.688. The van der Waals surface area contributed by atoms with E-state index >= 15 is 0 Å². The van der Waals surface area contributed by atoms with Crippen LogP contribution in [-0.4, -0.2) is 17.5 Å². The first-order chi connectivity index (χ1) is 11.6. The Kier molecular flexibility index (Phi) is 4.81. The number of ether oxygens (including phenoxy) is 1. The minimum Gasteiger partial charge on any atom is -0.494 e. The molecular weight excluding hydrogens is 320 g/mol. The Balaban J connectivity index is 1.80. The van der Waals surface area contributed by atoms with Crippen LogP contribution >= 0.6 is 11.3 Å². The summed E-state index contributed by atoms with van der Waals surface area (Å²) in [4.78, 5) is 17.0. The van der Waals surface area contributed by atoms with E-state index in [0.717, 1.165) is 38.6 Å². The van der Waals surface area contributed by atoms with E-state index in [2.05, 4.69) is 17.2 Å². The molecular formula is C19H20N2O2S. The maximum atomic E-state index is 12.5. The Morgan fingerprint density at radius 2 is 2.04 bits per heavy atom. The highest BCUT2D eigenvalue weighted by Crippen LogP contribution is 2.26. The average molecular weight is 340 g/mol.